The molecular formula is C13H17N5O. The van der Waals surface area contributed by atoms with Crippen molar-refractivity contribution in [3.05, 3.63) is 40.9 Å². The van der Waals surface area contributed by atoms with Gasteiger partial charge in [-0.2, -0.15) is 0 Å². The maximum absolute atomic E-state index is 11.2. The zero-order valence-corrected chi connectivity index (χ0v) is 10.8. The molecule has 1 aliphatic rings. The Morgan fingerprint density at radius 2 is 2.26 bits per heavy atom. The van der Waals surface area contributed by atoms with E-state index in [1.54, 1.807) is 12.3 Å². The molecule has 2 amide bonds. The number of aryl methyl sites for hydroxylation is 1. The molecule has 1 aliphatic heterocycles. The van der Waals surface area contributed by atoms with Crippen LogP contribution in [-0.4, -0.2) is 34.7 Å². The van der Waals surface area contributed by atoms with E-state index in [1.165, 1.54) is 4.90 Å². The molecular weight excluding hydrogens is 242 g/mol. The number of nitrogens with zero attached hydrogens (tertiary/aromatic N) is 2. The molecule has 5 N–H and O–H groups in total. The maximum Gasteiger partial charge on any atom is 0.315 e. The normalized spacial score (nSPS) is 15.5. The summed E-state index contributed by atoms with van der Waals surface area (Å²) in [5, 5.41) is 8.24. The summed E-state index contributed by atoms with van der Waals surface area (Å²) in [5.74, 6) is 0. The van der Waals surface area contributed by atoms with Gasteiger partial charge in [-0.1, -0.05) is 0 Å². The monoisotopic (exact) mass is 259 g/mol. The third-order valence-corrected chi connectivity index (χ3v) is 3.19. The predicted octanol–water partition coefficient (Wildman–Crippen LogP) is 0.755. The Kier molecular flexibility index (Phi) is 3.50. The van der Waals surface area contributed by atoms with Crippen molar-refractivity contribution in [3.63, 3.8) is 0 Å². The van der Waals surface area contributed by atoms with Gasteiger partial charge in [0.1, 0.15) is 0 Å². The van der Waals surface area contributed by atoms with Crippen LogP contribution in [0, 0.1) is 12.3 Å². The number of carbonyl (C=O) groups is 1. The number of hydrogen-bond acceptors (Lipinski definition) is 4. The van der Waals surface area contributed by atoms with Crippen LogP contribution >= 0.6 is 0 Å². The van der Waals surface area contributed by atoms with Crippen LogP contribution in [-0.2, 0) is 0 Å². The first-order chi connectivity index (χ1) is 8.99. The van der Waals surface area contributed by atoms with E-state index in [1.807, 2.05) is 13.0 Å². The fraction of sp³-hybridized carbons (Fsp3) is 0.308. The number of amides is 2. The number of urea groups is 1. The summed E-state index contributed by atoms with van der Waals surface area (Å²) >= 11 is 0. The third-order valence-electron chi connectivity index (χ3n) is 3.19. The van der Waals surface area contributed by atoms with E-state index >= 15 is 0 Å². The summed E-state index contributed by atoms with van der Waals surface area (Å²) in [5.41, 5.74) is 14.5. The van der Waals surface area contributed by atoms with Gasteiger partial charge in [0.15, 0.2) is 0 Å². The number of carbonyl (C=O) groups excluding carboxylic acids is 1. The number of rotatable bonds is 2. The number of nitrogens with one attached hydrogen (secondary N) is 1. The zero-order valence-electron chi connectivity index (χ0n) is 10.8. The van der Waals surface area contributed by atoms with Crippen LogP contribution in [0.1, 0.15) is 17.7 Å². The van der Waals surface area contributed by atoms with Crippen molar-refractivity contribution in [1.82, 2.24) is 9.88 Å². The molecule has 0 radical (unpaired) electrons. The molecule has 19 heavy (non-hydrogen) atoms. The second-order valence-electron chi connectivity index (χ2n) is 4.57. The van der Waals surface area contributed by atoms with Crippen molar-refractivity contribution < 1.29 is 4.79 Å². The lowest BCUT2D eigenvalue weighted by atomic mass is 9.97. The first kappa shape index (κ1) is 13.1. The molecule has 1 aromatic heterocycles. The summed E-state index contributed by atoms with van der Waals surface area (Å²) in [7, 11) is 0. The fourth-order valence-electron chi connectivity index (χ4n) is 2.08. The van der Waals surface area contributed by atoms with Crippen molar-refractivity contribution in [1.29, 1.82) is 5.41 Å². The molecule has 1 aromatic rings. The van der Waals surface area contributed by atoms with E-state index in [0.717, 1.165) is 11.3 Å². The molecule has 0 aliphatic carbocycles. The molecule has 0 bridgehead atoms. The van der Waals surface area contributed by atoms with Gasteiger partial charge in [-0.15, -0.1) is 0 Å². The van der Waals surface area contributed by atoms with Crippen LogP contribution < -0.4 is 11.5 Å². The van der Waals surface area contributed by atoms with Crippen LogP contribution in [0.15, 0.2) is 29.6 Å². The van der Waals surface area contributed by atoms with Gasteiger partial charge in [0.2, 0.25) is 0 Å². The minimum Gasteiger partial charge on any atom is -0.402 e. The van der Waals surface area contributed by atoms with Crippen LogP contribution in [0.2, 0.25) is 0 Å². The summed E-state index contributed by atoms with van der Waals surface area (Å²) in [6.45, 7) is 2.67. The lowest BCUT2D eigenvalue weighted by Gasteiger charge is -2.28. The maximum atomic E-state index is 11.2. The number of nitrogens with two attached hydrogens (primary N) is 2. The predicted molar refractivity (Wildman–Crippen MR) is 72.8 cm³/mol. The molecule has 100 valence electrons. The highest BCUT2D eigenvalue weighted by Crippen LogP contribution is 2.18. The van der Waals surface area contributed by atoms with Gasteiger partial charge in [0, 0.05) is 41.7 Å². The quantitative estimate of drug-likeness (QED) is 0.682. The topological polar surface area (TPSA) is 109 Å². The van der Waals surface area contributed by atoms with Crippen molar-refractivity contribution >= 4 is 11.7 Å². The highest BCUT2D eigenvalue weighted by atomic mass is 16.2. The van der Waals surface area contributed by atoms with E-state index in [-0.39, 0.29) is 0 Å². The first-order valence-corrected chi connectivity index (χ1v) is 6.03. The van der Waals surface area contributed by atoms with Crippen LogP contribution in [0.4, 0.5) is 4.79 Å². The van der Waals surface area contributed by atoms with Gasteiger partial charge in [-0.25, -0.2) is 4.79 Å². The largest absolute Gasteiger partial charge is 0.402 e. The molecule has 6 nitrogen and oxygen atoms in total. The van der Waals surface area contributed by atoms with E-state index in [0.29, 0.717) is 36.5 Å². The molecule has 6 heteroatoms. The van der Waals surface area contributed by atoms with E-state index in [9.17, 15) is 4.79 Å². The van der Waals surface area contributed by atoms with Crippen molar-refractivity contribution in [3.8, 4) is 0 Å². The lowest BCUT2D eigenvalue weighted by Crippen LogP contribution is -2.42. The SMILES string of the molecule is Cc1cc(C(=N)C2=C(N)CCN(C(N)=O)C2)ccn1. The first-order valence-electron chi connectivity index (χ1n) is 6.03. The molecule has 0 fully saturated rings. The molecule has 2 heterocycles. The number of hydrogen-bond donors (Lipinski definition) is 3. The Morgan fingerprint density at radius 3 is 2.89 bits per heavy atom. The van der Waals surface area contributed by atoms with Gasteiger partial charge < -0.3 is 16.4 Å². The van der Waals surface area contributed by atoms with Crippen LogP contribution in [0.25, 0.3) is 0 Å². The third kappa shape index (κ3) is 2.73. The van der Waals surface area contributed by atoms with E-state index in [2.05, 4.69) is 4.98 Å². The Bertz CT molecular complexity index is 564. The van der Waals surface area contributed by atoms with E-state index < -0.39 is 6.03 Å². The molecule has 0 spiro atoms. The second kappa shape index (κ2) is 5.09. The summed E-state index contributed by atoms with van der Waals surface area (Å²) < 4.78 is 0. The minimum atomic E-state index is -0.483. The standard InChI is InChI=1S/C13H17N5O/c1-8-6-9(2-4-17-8)12(15)10-7-18(13(16)19)5-3-11(10)14/h2,4,6,15H,3,5,7,14H2,1H3,(H2,16,19). The zero-order chi connectivity index (χ0) is 14.0. The van der Waals surface area contributed by atoms with Crippen molar-refractivity contribution in [2.24, 2.45) is 11.5 Å². The van der Waals surface area contributed by atoms with Gasteiger partial charge >= 0.3 is 6.03 Å². The van der Waals surface area contributed by atoms with Gasteiger partial charge in [0.25, 0.3) is 0 Å². The molecule has 2 rings (SSSR count). The molecule has 0 saturated heterocycles. The van der Waals surface area contributed by atoms with Crippen molar-refractivity contribution in [2.75, 3.05) is 13.1 Å². The fourth-order valence-corrected chi connectivity index (χ4v) is 2.08. The molecule has 0 unspecified atom stereocenters. The Morgan fingerprint density at radius 1 is 1.53 bits per heavy atom. The molecule has 0 atom stereocenters. The molecule has 0 aromatic carbocycles. The lowest BCUT2D eigenvalue weighted by molar-refractivity contribution is 0.210. The summed E-state index contributed by atoms with van der Waals surface area (Å²) in [6, 6.07) is 3.11. The highest BCUT2D eigenvalue weighted by Gasteiger charge is 2.23. The Hall–Kier alpha value is -2.37. The van der Waals surface area contributed by atoms with Gasteiger partial charge in [-0.05, 0) is 19.1 Å². The minimum absolute atomic E-state index is 0.293. The number of aromatic nitrogens is 1. The van der Waals surface area contributed by atoms with E-state index in [4.69, 9.17) is 16.9 Å². The number of primary amides is 1. The van der Waals surface area contributed by atoms with Gasteiger partial charge in [-0.3, -0.25) is 10.4 Å². The van der Waals surface area contributed by atoms with Gasteiger partial charge in [0.05, 0.1) is 12.3 Å². The average Bonchev–Trinajstić information content (AvgIpc) is 2.38. The van der Waals surface area contributed by atoms with Crippen LogP contribution in [0.3, 0.4) is 0 Å². The Balaban J connectivity index is 2.29. The highest BCUT2D eigenvalue weighted by molar-refractivity contribution is 6.11. The number of pyridine rings is 1. The summed E-state index contributed by atoms with van der Waals surface area (Å²) in [6.07, 6.45) is 2.20. The Labute approximate surface area is 111 Å². The smallest absolute Gasteiger partial charge is 0.315 e. The average molecular weight is 259 g/mol. The van der Waals surface area contributed by atoms with Crippen LogP contribution in [0.5, 0.6) is 0 Å². The molecule has 0 saturated carbocycles. The van der Waals surface area contributed by atoms with Crippen molar-refractivity contribution in [2.45, 2.75) is 13.3 Å². The second-order valence-corrected chi connectivity index (χ2v) is 4.57. The summed E-state index contributed by atoms with van der Waals surface area (Å²) in [4.78, 5) is 16.8.